The first kappa shape index (κ1) is 16.7. The molecule has 0 atom stereocenters. The number of hydrogen-bond acceptors (Lipinski definition) is 4. The number of thiazole rings is 1. The zero-order chi connectivity index (χ0) is 18.9. The number of fused-ring (bicyclic) bond motifs is 1. The third-order valence-corrected chi connectivity index (χ3v) is 5.74. The average Bonchev–Trinajstić information content (AvgIpc) is 3.19. The molecule has 0 fully saturated rings. The molecule has 0 amide bonds. The van der Waals surface area contributed by atoms with Crippen LogP contribution < -0.4 is 0 Å². The van der Waals surface area contributed by atoms with Gasteiger partial charge in [-0.15, -0.1) is 11.3 Å². The van der Waals surface area contributed by atoms with E-state index in [2.05, 4.69) is 47.4 Å². The third-order valence-electron chi connectivity index (χ3n) is 4.69. The van der Waals surface area contributed by atoms with Crippen LogP contribution in [0.3, 0.4) is 0 Å². The van der Waals surface area contributed by atoms with E-state index in [9.17, 15) is 5.11 Å². The molecule has 0 spiro atoms. The van der Waals surface area contributed by atoms with Gasteiger partial charge in [0.1, 0.15) is 10.8 Å². The van der Waals surface area contributed by atoms with Crippen molar-refractivity contribution < 1.29 is 5.11 Å². The summed E-state index contributed by atoms with van der Waals surface area (Å²) in [6, 6.07) is 27.8. The zero-order valence-electron chi connectivity index (χ0n) is 14.9. The molecular formula is C24H16N2OS. The van der Waals surface area contributed by atoms with E-state index in [1.165, 1.54) is 0 Å². The molecule has 3 nitrogen and oxygen atoms in total. The molecule has 5 aromatic rings. The fourth-order valence-electron chi connectivity index (χ4n) is 3.33. The number of pyridine rings is 1. The van der Waals surface area contributed by atoms with E-state index in [1.54, 1.807) is 17.4 Å². The first-order valence-electron chi connectivity index (χ1n) is 8.99. The largest absolute Gasteiger partial charge is 0.507 e. The van der Waals surface area contributed by atoms with Gasteiger partial charge in [-0.05, 0) is 42.0 Å². The van der Waals surface area contributed by atoms with Crippen molar-refractivity contribution in [3.05, 3.63) is 91.1 Å². The Morgan fingerprint density at radius 1 is 0.714 bits per heavy atom. The second kappa shape index (κ2) is 6.91. The molecule has 0 saturated carbocycles. The third kappa shape index (κ3) is 2.94. The minimum absolute atomic E-state index is 0.250. The molecular weight excluding hydrogens is 364 g/mol. The molecule has 28 heavy (non-hydrogen) atoms. The van der Waals surface area contributed by atoms with Crippen molar-refractivity contribution in [3.63, 3.8) is 0 Å². The molecule has 0 aliphatic rings. The summed E-state index contributed by atoms with van der Waals surface area (Å²) < 4.78 is 1.10. The Labute approximate surface area is 166 Å². The topological polar surface area (TPSA) is 46.0 Å². The Hall–Kier alpha value is -3.50. The number of aromatic hydroxyl groups is 1. The predicted molar refractivity (Wildman–Crippen MR) is 115 cm³/mol. The van der Waals surface area contributed by atoms with Crippen molar-refractivity contribution >= 4 is 21.6 Å². The fourth-order valence-corrected chi connectivity index (χ4v) is 4.36. The van der Waals surface area contributed by atoms with Gasteiger partial charge in [0.25, 0.3) is 0 Å². The first-order valence-corrected chi connectivity index (χ1v) is 9.81. The first-order chi connectivity index (χ1) is 13.8. The van der Waals surface area contributed by atoms with Gasteiger partial charge in [0.2, 0.25) is 0 Å². The quantitative estimate of drug-likeness (QED) is 0.394. The lowest BCUT2D eigenvalue weighted by atomic mass is 10.0. The lowest BCUT2D eigenvalue weighted by molar-refractivity contribution is 0.477. The highest BCUT2D eigenvalue weighted by Gasteiger charge is 2.13. The highest BCUT2D eigenvalue weighted by atomic mass is 32.1. The van der Waals surface area contributed by atoms with Gasteiger partial charge in [0.05, 0.1) is 21.5 Å². The molecule has 3 aromatic carbocycles. The summed E-state index contributed by atoms with van der Waals surface area (Å²) >= 11 is 1.59. The maximum Gasteiger partial charge on any atom is 0.128 e. The van der Waals surface area contributed by atoms with E-state index in [0.717, 1.165) is 43.2 Å². The van der Waals surface area contributed by atoms with Gasteiger partial charge < -0.3 is 5.11 Å². The SMILES string of the molecule is Oc1ccccc1-c1nc2c(-c3cccc(-c4ccccn4)c3)cccc2s1. The Bertz CT molecular complexity index is 1280. The molecule has 2 heterocycles. The van der Waals surface area contributed by atoms with Crippen LogP contribution >= 0.6 is 11.3 Å². The van der Waals surface area contributed by atoms with Crippen LogP contribution in [0, 0.1) is 0 Å². The van der Waals surface area contributed by atoms with Crippen LogP contribution in [0.2, 0.25) is 0 Å². The number of hydrogen-bond donors (Lipinski definition) is 1. The van der Waals surface area contributed by atoms with Crippen molar-refractivity contribution in [1.29, 1.82) is 0 Å². The Balaban J connectivity index is 1.65. The number of aromatic nitrogens is 2. The van der Waals surface area contributed by atoms with Gasteiger partial charge in [-0.25, -0.2) is 4.98 Å². The van der Waals surface area contributed by atoms with Crippen molar-refractivity contribution in [1.82, 2.24) is 9.97 Å². The summed E-state index contributed by atoms with van der Waals surface area (Å²) in [5.41, 5.74) is 5.91. The maximum atomic E-state index is 10.2. The van der Waals surface area contributed by atoms with Crippen LogP contribution in [0.25, 0.3) is 43.2 Å². The van der Waals surface area contributed by atoms with Crippen molar-refractivity contribution in [2.75, 3.05) is 0 Å². The van der Waals surface area contributed by atoms with Crippen LogP contribution in [0.15, 0.2) is 91.1 Å². The summed E-state index contributed by atoms with van der Waals surface area (Å²) in [5, 5.41) is 11.0. The molecule has 0 unspecified atom stereocenters. The second-order valence-corrected chi connectivity index (χ2v) is 7.51. The monoisotopic (exact) mass is 380 g/mol. The average molecular weight is 380 g/mol. The van der Waals surface area contributed by atoms with E-state index in [4.69, 9.17) is 4.98 Å². The van der Waals surface area contributed by atoms with Crippen LogP contribution in [-0.4, -0.2) is 15.1 Å². The molecule has 0 aliphatic heterocycles. The highest BCUT2D eigenvalue weighted by molar-refractivity contribution is 7.21. The molecule has 4 heteroatoms. The molecule has 1 N–H and O–H groups in total. The zero-order valence-corrected chi connectivity index (χ0v) is 15.7. The van der Waals surface area contributed by atoms with Crippen LogP contribution in [0.1, 0.15) is 0 Å². The number of phenols is 1. The standard InChI is InChI=1S/C24H16N2OS/c27-21-12-2-1-9-19(21)24-26-23-18(10-6-13-22(23)28-24)16-7-5-8-17(15-16)20-11-3-4-14-25-20/h1-15,27H. The van der Waals surface area contributed by atoms with Gasteiger partial charge in [-0.2, -0.15) is 0 Å². The van der Waals surface area contributed by atoms with Gasteiger partial charge in [-0.3, -0.25) is 4.98 Å². The second-order valence-electron chi connectivity index (χ2n) is 6.48. The summed E-state index contributed by atoms with van der Waals surface area (Å²) in [6.45, 7) is 0. The van der Waals surface area contributed by atoms with E-state index in [0.29, 0.717) is 0 Å². The number of rotatable bonds is 3. The lowest BCUT2D eigenvalue weighted by Crippen LogP contribution is -1.85. The van der Waals surface area contributed by atoms with E-state index in [1.807, 2.05) is 42.6 Å². The number of nitrogens with zero attached hydrogens (tertiary/aromatic N) is 2. The van der Waals surface area contributed by atoms with Gasteiger partial charge in [-0.1, -0.05) is 48.5 Å². The van der Waals surface area contributed by atoms with Crippen molar-refractivity contribution in [2.45, 2.75) is 0 Å². The summed E-state index contributed by atoms with van der Waals surface area (Å²) in [7, 11) is 0. The van der Waals surface area contributed by atoms with Gasteiger partial charge in [0, 0.05) is 17.3 Å². The maximum absolute atomic E-state index is 10.2. The molecule has 0 aliphatic carbocycles. The Morgan fingerprint density at radius 3 is 2.36 bits per heavy atom. The van der Waals surface area contributed by atoms with E-state index in [-0.39, 0.29) is 5.75 Å². The molecule has 0 saturated heterocycles. The number of para-hydroxylation sites is 2. The lowest BCUT2D eigenvalue weighted by Gasteiger charge is -2.06. The highest BCUT2D eigenvalue weighted by Crippen LogP contribution is 2.38. The number of phenolic OH excluding ortho intramolecular Hbond substituents is 1. The van der Waals surface area contributed by atoms with Crippen LogP contribution in [-0.2, 0) is 0 Å². The minimum Gasteiger partial charge on any atom is -0.507 e. The molecule has 0 radical (unpaired) electrons. The minimum atomic E-state index is 0.250. The molecule has 0 bridgehead atoms. The van der Waals surface area contributed by atoms with Crippen LogP contribution in [0.5, 0.6) is 5.75 Å². The molecule has 134 valence electrons. The Kier molecular flexibility index (Phi) is 4.11. The van der Waals surface area contributed by atoms with E-state index < -0.39 is 0 Å². The van der Waals surface area contributed by atoms with E-state index >= 15 is 0 Å². The van der Waals surface area contributed by atoms with Crippen molar-refractivity contribution in [2.24, 2.45) is 0 Å². The summed E-state index contributed by atoms with van der Waals surface area (Å²) in [5.74, 6) is 0.250. The molecule has 2 aromatic heterocycles. The number of benzene rings is 3. The van der Waals surface area contributed by atoms with Gasteiger partial charge >= 0.3 is 0 Å². The normalized spacial score (nSPS) is 11.0. The van der Waals surface area contributed by atoms with Crippen LogP contribution in [0.4, 0.5) is 0 Å². The Morgan fingerprint density at radius 2 is 1.50 bits per heavy atom. The summed E-state index contributed by atoms with van der Waals surface area (Å²) in [4.78, 5) is 9.32. The summed E-state index contributed by atoms with van der Waals surface area (Å²) in [6.07, 6.45) is 1.81. The molecule has 5 rings (SSSR count). The van der Waals surface area contributed by atoms with Crippen molar-refractivity contribution in [3.8, 4) is 38.7 Å². The predicted octanol–water partition coefficient (Wildman–Crippen LogP) is 6.40. The van der Waals surface area contributed by atoms with Gasteiger partial charge in [0.15, 0.2) is 0 Å². The smallest absolute Gasteiger partial charge is 0.128 e. The fraction of sp³-hybridized carbons (Fsp3) is 0.